The Morgan fingerprint density at radius 1 is 0.411 bits per heavy atom. The number of nitrogens with zero attached hydrogens (tertiary/aromatic N) is 2. The molecule has 3 heteroatoms. The minimum atomic E-state index is -0.181. The van der Waals surface area contributed by atoms with E-state index in [2.05, 4.69) is 207 Å². The smallest absolute Gasteiger partial charge is 0.0351 e. The first kappa shape index (κ1) is 33.2. The molecule has 0 atom stereocenters. The van der Waals surface area contributed by atoms with Gasteiger partial charge in [0.05, 0.1) is 0 Å². The van der Waals surface area contributed by atoms with E-state index < -0.39 is 0 Å². The SMILES string of the molecule is Cc1cccc(N(c2ccccc2)c2cc3c4ccccc4c(N4c5cc(C)ccc5C(C)(C)c5cc6c(cc54)[se]c4ccccc46)cc3c3ccccc23)c1. The number of anilines is 6. The molecule has 1 aliphatic heterocycles. The quantitative estimate of drug-likeness (QED) is 0.130. The maximum atomic E-state index is 2.61. The summed E-state index contributed by atoms with van der Waals surface area (Å²) in [5, 5.41) is 10.3. The molecular formula is C53H40N2Se. The number of hydrogen-bond donors (Lipinski definition) is 0. The van der Waals surface area contributed by atoms with Crippen LogP contribution in [-0.4, -0.2) is 14.5 Å². The Labute approximate surface area is 333 Å². The average molecular weight is 784 g/mol. The largest absolute Gasteiger partial charge is 0.0351 e. The van der Waals surface area contributed by atoms with Crippen LogP contribution in [-0.2, 0) is 5.41 Å². The molecule has 9 aromatic carbocycles. The van der Waals surface area contributed by atoms with Crippen molar-refractivity contribution in [3.8, 4) is 0 Å². The standard InChI is InChI=1S/C53H40N2Se/c1-33-15-14-18-36(27-33)54(35-16-6-5-7-17-35)47-30-42-38-20-9-11-22-40(38)48(31-43(42)37-19-8-10-21-39(37)47)55-49-28-34(2)25-26-45(49)53(3,4)46-29-44-41-23-12-13-24-51(41)56-52(44)32-50(46)55/h5-32H,1-4H3. The molecule has 268 valence electrons. The molecule has 0 aliphatic carbocycles. The maximum absolute atomic E-state index is 2.61. The number of para-hydroxylation sites is 1. The van der Waals surface area contributed by atoms with E-state index in [4.69, 9.17) is 0 Å². The second-order valence-corrected chi connectivity index (χ2v) is 18.2. The number of fused-ring (bicyclic) bond motifs is 10. The fraction of sp³-hybridized carbons (Fsp3) is 0.0943. The van der Waals surface area contributed by atoms with Gasteiger partial charge in [-0.05, 0) is 36.8 Å². The predicted octanol–water partition coefficient (Wildman–Crippen LogP) is 14.7. The van der Waals surface area contributed by atoms with Crippen molar-refractivity contribution >= 4 is 100 Å². The number of hydrogen-bond acceptors (Lipinski definition) is 2. The second-order valence-electron chi connectivity index (χ2n) is 15.9. The third kappa shape index (κ3) is 4.94. The van der Waals surface area contributed by atoms with Crippen molar-refractivity contribution in [3.05, 3.63) is 192 Å². The summed E-state index contributed by atoms with van der Waals surface area (Å²) in [5.74, 6) is 0. The molecule has 11 rings (SSSR count). The van der Waals surface area contributed by atoms with Gasteiger partial charge in [-0.2, -0.15) is 0 Å². The Bertz CT molecular complexity index is 3210. The van der Waals surface area contributed by atoms with Crippen molar-refractivity contribution in [2.24, 2.45) is 0 Å². The fourth-order valence-corrected chi connectivity index (χ4v) is 11.7. The van der Waals surface area contributed by atoms with E-state index in [0.29, 0.717) is 0 Å². The molecule has 0 saturated heterocycles. The van der Waals surface area contributed by atoms with Crippen molar-refractivity contribution in [2.45, 2.75) is 33.1 Å². The van der Waals surface area contributed by atoms with Crippen LogP contribution in [0.4, 0.5) is 34.1 Å². The van der Waals surface area contributed by atoms with Crippen LogP contribution in [0.5, 0.6) is 0 Å². The van der Waals surface area contributed by atoms with E-state index in [1.807, 2.05) is 0 Å². The maximum Gasteiger partial charge on any atom is -0.0351 e. The summed E-state index contributed by atoms with van der Waals surface area (Å²) in [6.45, 7) is 9.23. The van der Waals surface area contributed by atoms with Crippen LogP contribution >= 0.6 is 0 Å². The first-order valence-corrected chi connectivity index (χ1v) is 21.2. The van der Waals surface area contributed by atoms with Crippen LogP contribution < -0.4 is 9.80 Å². The average Bonchev–Trinajstić information content (AvgIpc) is 3.59. The van der Waals surface area contributed by atoms with E-state index >= 15 is 0 Å². The van der Waals surface area contributed by atoms with Crippen LogP contribution in [0.25, 0.3) is 51.6 Å². The Morgan fingerprint density at radius 2 is 1.04 bits per heavy atom. The summed E-state index contributed by atoms with van der Waals surface area (Å²) in [4.78, 5) is 5.04. The van der Waals surface area contributed by atoms with Gasteiger partial charge in [-0.3, -0.25) is 0 Å². The number of aryl methyl sites for hydroxylation is 2. The van der Waals surface area contributed by atoms with E-state index in [9.17, 15) is 0 Å². The van der Waals surface area contributed by atoms with Gasteiger partial charge in [0.2, 0.25) is 0 Å². The Morgan fingerprint density at radius 3 is 1.82 bits per heavy atom. The van der Waals surface area contributed by atoms with Crippen LogP contribution in [0.1, 0.15) is 36.1 Å². The zero-order chi connectivity index (χ0) is 37.7. The first-order chi connectivity index (χ1) is 27.3. The third-order valence-electron chi connectivity index (χ3n) is 12.1. The van der Waals surface area contributed by atoms with Gasteiger partial charge in [-0.1, -0.05) is 30.3 Å². The van der Waals surface area contributed by atoms with Gasteiger partial charge in [0.1, 0.15) is 0 Å². The van der Waals surface area contributed by atoms with Crippen molar-refractivity contribution in [1.82, 2.24) is 0 Å². The molecule has 0 bridgehead atoms. The third-order valence-corrected chi connectivity index (χ3v) is 14.4. The molecule has 0 saturated carbocycles. The van der Waals surface area contributed by atoms with E-state index in [1.165, 1.54) is 96.6 Å². The van der Waals surface area contributed by atoms with Gasteiger partial charge in [-0.15, -0.1) is 0 Å². The van der Waals surface area contributed by atoms with Crippen LogP contribution in [0, 0.1) is 13.8 Å². The molecule has 0 radical (unpaired) electrons. The second kappa shape index (κ2) is 12.4. The molecule has 1 aromatic heterocycles. The van der Waals surface area contributed by atoms with Crippen LogP contribution in [0.2, 0.25) is 0 Å². The molecule has 0 unspecified atom stereocenters. The summed E-state index contributed by atoms with van der Waals surface area (Å²) in [5.41, 5.74) is 12.3. The molecule has 0 N–H and O–H groups in total. The summed E-state index contributed by atoms with van der Waals surface area (Å²) in [6.07, 6.45) is 0. The molecule has 56 heavy (non-hydrogen) atoms. The number of benzene rings is 9. The molecule has 0 fully saturated rings. The van der Waals surface area contributed by atoms with Gasteiger partial charge in [-0.25, -0.2) is 0 Å². The molecular weight excluding hydrogens is 744 g/mol. The van der Waals surface area contributed by atoms with Gasteiger partial charge >= 0.3 is 268 Å². The fourth-order valence-electron chi connectivity index (χ4n) is 9.39. The van der Waals surface area contributed by atoms with Gasteiger partial charge in [0.15, 0.2) is 0 Å². The minimum absolute atomic E-state index is 0.181. The van der Waals surface area contributed by atoms with Gasteiger partial charge in [0, 0.05) is 0 Å². The Balaban J connectivity index is 1.24. The molecule has 1 aliphatic rings. The summed E-state index contributed by atoms with van der Waals surface area (Å²) in [6, 6.07) is 63.8. The summed E-state index contributed by atoms with van der Waals surface area (Å²) < 4.78 is 2.94. The van der Waals surface area contributed by atoms with E-state index in [-0.39, 0.29) is 19.9 Å². The summed E-state index contributed by atoms with van der Waals surface area (Å²) >= 11 is 0.254. The Hall–Kier alpha value is -6.12. The summed E-state index contributed by atoms with van der Waals surface area (Å²) in [7, 11) is 0. The zero-order valence-electron chi connectivity index (χ0n) is 32.0. The van der Waals surface area contributed by atoms with Crippen molar-refractivity contribution < 1.29 is 0 Å². The monoisotopic (exact) mass is 784 g/mol. The molecule has 10 aromatic rings. The molecule has 0 amide bonds. The van der Waals surface area contributed by atoms with E-state index in [0.717, 1.165) is 11.4 Å². The molecule has 2 nitrogen and oxygen atoms in total. The Kier molecular flexibility index (Phi) is 7.39. The molecule has 0 spiro atoms. The first-order valence-electron chi connectivity index (χ1n) is 19.5. The van der Waals surface area contributed by atoms with Crippen LogP contribution in [0.15, 0.2) is 170 Å². The number of rotatable bonds is 4. The van der Waals surface area contributed by atoms with Gasteiger partial charge in [0.25, 0.3) is 0 Å². The predicted molar refractivity (Wildman–Crippen MR) is 242 cm³/mol. The zero-order valence-corrected chi connectivity index (χ0v) is 33.7. The minimum Gasteiger partial charge on any atom is -0.0351 e. The molecule has 2 heterocycles. The van der Waals surface area contributed by atoms with Crippen molar-refractivity contribution in [3.63, 3.8) is 0 Å². The topological polar surface area (TPSA) is 6.48 Å². The van der Waals surface area contributed by atoms with Crippen molar-refractivity contribution in [2.75, 3.05) is 9.80 Å². The normalized spacial score (nSPS) is 13.5. The van der Waals surface area contributed by atoms with Crippen molar-refractivity contribution in [1.29, 1.82) is 0 Å². The van der Waals surface area contributed by atoms with Crippen LogP contribution in [0.3, 0.4) is 0 Å². The van der Waals surface area contributed by atoms with E-state index in [1.54, 1.807) is 0 Å². The van der Waals surface area contributed by atoms with Gasteiger partial charge < -0.3 is 0 Å².